The molecule has 0 radical (unpaired) electrons. The molecule has 2 aromatic carbocycles. The maximum atomic E-state index is 13.6. The van der Waals surface area contributed by atoms with Gasteiger partial charge in [-0.2, -0.15) is 0 Å². The lowest BCUT2D eigenvalue weighted by Crippen LogP contribution is -2.21. The van der Waals surface area contributed by atoms with Crippen LogP contribution in [0.5, 0.6) is 0 Å². The van der Waals surface area contributed by atoms with Gasteiger partial charge in [0.05, 0.1) is 17.7 Å². The zero-order valence-electron chi connectivity index (χ0n) is 13.0. The molecule has 0 bridgehead atoms. The van der Waals surface area contributed by atoms with Crippen molar-refractivity contribution in [3.05, 3.63) is 64.4 Å². The Morgan fingerprint density at radius 1 is 1.08 bits per heavy atom. The number of amides is 1. The average Bonchev–Trinajstić information content (AvgIpc) is 2.60. The monoisotopic (exact) mass is 365 g/mol. The van der Waals surface area contributed by atoms with Crippen molar-refractivity contribution in [1.29, 1.82) is 0 Å². The molecule has 0 spiro atoms. The predicted molar refractivity (Wildman–Crippen MR) is 88.1 cm³/mol. The summed E-state index contributed by atoms with van der Waals surface area (Å²) in [6.07, 6.45) is 0. The lowest BCUT2D eigenvalue weighted by molar-refractivity contribution is -0.119. The highest BCUT2D eigenvalue weighted by Gasteiger charge is 2.18. The first kappa shape index (κ1) is 18.4. The van der Waals surface area contributed by atoms with Gasteiger partial charge in [0.2, 0.25) is 0 Å². The van der Waals surface area contributed by atoms with E-state index < -0.39 is 35.8 Å². The molecular weight excluding hydrogens is 353 g/mol. The first-order valence-electron chi connectivity index (χ1n) is 7.01. The molecule has 0 heterocycles. The fraction of sp³-hybridized carbons (Fsp3) is 0.118. The maximum Gasteiger partial charge on any atom is 0.343 e. The molecule has 130 valence electrons. The second kappa shape index (κ2) is 8.25. The molecule has 0 aliphatic carbocycles. The molecule has 0 fully saturated rings. The van der Waals surface area contributed by atoms with Gasteiger partial charge < -0.3 is 14.8 Å². The van der Waals surface area contributed by atoms with Crippen LogP contribution in [0.3, 0.4) is 0 Å². The first-order valence-corrected chi connectivity index (χ1v) is 7.39. The second-order valence-electron chi connectivity index (χ2n) is 4.79. The zero-order valence-corrected chi connectivity index (χ0v) is 13.8. The standard InChI is InChI=1S/C17H13ClFNO5/c1-24-16(22)10-5-7-11(8-6-10)20-14(21)9-25-17(23)15-12(18)3-2-4-13(15)19/h2-8H,9H2,1H3,(H,20,21). The van der Waals surface area contributed by atoms with Gasteiger partial charge in [0, 0.05) is 5.69 Å². The highest BCUT2D eigenvalue weighted by molar-refractivity contribution is 6.33. The van der Waals surface area contributed by atoms with E-state index >= 15 is 0 Å². The molecule has 0 aromatic heterocycles. The SMILES string of the molecule is COC(=O)c1ccc(NC(=O)COC(=O)c2c(F)cccc2Cl)cc1. The van der Waals surface area contributed by atoms with Crippen LogP contribution in [0.1, 0.15) is 20.7 Å². The van der Waals surface area contributed by atoms with E-state index in [0.717, 1.165) is 6.07 Å². The largest absolute Gasteiger partial charge is 0.465 e. The van der Waals surface area contributed by atoms with Crippen LogP contribution < -0.4 is 5.32 Å². The Morgan fingerprint density at radius 3 is 2.36 bits per heavy atom. The van der Waals surface area contributed by atoms with Gasteiger partial charge in [-0.1, -0.05) is 17.7 Å². The van der Waals surface area contributed by atoms with Crippen LogP contribution in [-0.4, -0.2) is 31.6 Å². The Labute approximate surface area is 147 Å². The molecule has 8 heteroatoms. The smallest absolute Gasteiger partial charge is 0.343 e. The van der Waals surface area contributed by atoms with Crippen LogP contribution in [0.15, 0.2) is 42.5 Å². The number of carbonyl (C=O) groups is 3. The van der Waals surface area contributed by atoms with Crippen LogP contribution in [-0.2, 0) is 14.3 Å². The van der Waals surface area contributed by atoms with Gasteiger partial charge >= 0.3 is 11.9 Å². The molecule has 6 nitrogen and oxygen atoms in total. The van der Waals surface area contributed by atoms with Crippen LogP contribution in [0.2, 0.25) is 5.02 Å². The van der Waals surface area contributed by atoms with Crippen molar-refractivity contribution in [2.45, 2.75) is 0 Å². The Kier molecular flexibility index (Phi) is 6.08. The van der Waals surface area contributed by atoms with Crippen LogP contribution >= 0.6 is 11.6 Å². The molecule has 0 aliphatic heterocycles. The number of ether oxygens (including phenoxy) is 2. The summed E-state index contributed by atoms with van der Waals surface area (Å²) in [7, 11) is 1.26. The number of anilines is 1. The van der Waals surface area contributed by atoms with Crippen molar-refractivity contribution in [2.24, 2.45) is 0 Å². The van der Waals surface area contributed by atoms with Crippen molar-refractivity contribution in [3.8, 4) is 0 Å². The average molecular weight is 366 g/mol. The van der Waals surface area contributed by atoms with Crippen LogP contribution in [0.25, 0.3) is 0 Å². The summed E-state index contributed by atoms with van der Waals surface area (Å²) in [5.41, 5.74) is 0.276. The molecule has 25 heavy (non-hydrogen) atoms. The van der Waals surface area contributed by atoms with E-state index in [9.17, 15) is 18.8 Å². The van der Waals surface area contributed by atoms with Crippen LogP contribution in [0.4, 0.5) is 10.1 Å². The first-order chi connectivity index (χ1) is 11.9. The second-order valence-corrected chi connectivity index (χ2v) is 5.20. The molecule has 0 aliphatic rings. The fourth-order valence-electron chi connectivity index (χ4n) is 1.90. The minimum atomic E-state index is -1.04. The summed E-state index contributed by atoms with van der Waals surface area (Å²) >= 11 is 5.74. The number of hydrogen-bond acceptors (Lipinski definition) is 5. The van der Waals surface area contributed by atoms with E-state index in [-0.39, 0.29) is 5.02 Å². The normalized spacial score (nSPS) is 10.0. The number of methoxy groups -OCH3 is 1. The number of halogens is 2. The molecule has 0 unspecified atom stereocenters. The molecular formula is C17H13ClFNO5. The third-order valence-corrected chi connectivity index (χ3v) is 3.41. The Morgan fingerprint density at radius 2 is 1.76 bits per heavy atom. The van der Waals surface area contributed by atoms with Crippen molar-refractivity contribution in [2.75, 3.05) is 19.0 Å². The Bertz CT molecular complexity index is 787. The van der Waals surface area contributed by atoms with E-state index in [4.69, 9.17) is 16.3 Å². The van der Waals surface area contributed by atoms with Crippen molar-refractivity contribution >= 4 is 35.1 Å². The maximum absolute atomic E-state index is 13.6. The number of benzene rings is 2. The van der Waals surface area contributed by atoms with E-state index in [1.165, 1.54) is 43.5 Å². The molecule has 1 amide bonds. The summed E-state index contributed by atoms with van der Waals surface area (Å²) in [5.74, 6) is -3.02. The number of esters is 2. The van der Waals surface area contributed by atoms with Gasteiger partial charge in [-0.15, -0.1) is 0 Å². The third-order valence-electron chi connectivity index (χ3n) is 3.09. The van der Waals surface area contributed by atoms with E-state index in [2.05, 4.69) is 10.1 Å². The highest BCUT2D eigenvalue weighted by atomic mass is 35.5. The lowest BCUT2D eigenvalue weighted by atomic mass is 10.2. The Balaban J connectivity index is 1.92. The van der Waals surface area contributed by atoms with Gasteiger partial charge in [0.25, 0.3) is 5.91 Å². The summed E-state index contributed by atoms with van der Waals surface area (Å²) in [6, 6.07) is 9.65. The van der Waals surface area contributed by atoms with Crippen molar-refractivity contribution < 1.29 is 28.2 Å². The molecule has 0 saturated heterocycles. The molecule has 1 N–H and O–H groups in total. The minimum Gasteiger partial charge on any atom is -0.465 e. The third kappa shape index (κ3) is 4.77. The number of rotatable bonds is 5. The molecule has 0 atom stereocenters. The molecule has 2 aromatic rings. The molecule has 0 saturated carbocycles. The predicted octanol–water partition coefficient (Wildman–Crippen LogP) is 3.06. The van der Waals surface area contributed by atoms with E-state index in [0.29, 0.717) is 11.3 Å². The number of hydrogen-bond donors (Lipinski definition) is 1. The van der Waals surface area contributed by atoms with Crippen LogP contribution in [0, 0.1) is 5.82 Å². The minimum absolute atomic E-state index is 0.108. The van der Waals surface area contributed by atoms with Crippen molar-refractivity contribution in [3.63, 3.8) is 0 Å². The highest BCUT2D eigenvalue weighted by Crippen LogP contribution is 2.19. The molecule has 2 rings (SSSR count). The summed E-state index contributed by atoms with van der Waals surface area (Å²) < 4.78 is 22.9. The fourth-order valence-corrected chi connectivity index (χ4v) is 2.14. The topological polar surface area (TPSA) is 81.7 Å². The summed E-state index contributed by atoms with van der Waals surface area (Å²) in [4.78, 5) is 34.9. The zero-order chi connectivity index (χ0) is 18.4. The quantitative estimate of drug-likeness (QED) is 0.823. The lowest BCUT2D eigenvalue weighted by Gasteiger charge is -2.08. The number of nitrogens with one attached hydrogen (secondary N) is 1. The van der Waals surface area contributed by atoms with Gasteiger partial charge in [-0.3, -0.25) is 4.79 Å². The van der Waals surface area contributed by atoms with Crippen molar-refractivity contribution in [1.82, 2.24) is 0 Å². The van der Waals surface area contributed by atoms with Gasteiger partial charge in [0.1, 0.15) is 11.4 Å². The van der Waals surface area contributed by atoms with Gasteiger partial charge in [-0.25, -0.2) is 14.0 Å². The van der Waals surface area contributed by atoms with E-state index in [1.54, 1.807) is 0 Å². The van der Waals surface area contributed by atoms with Gasteiger partial charge in [-0.05, 0) is 36.4 Å². The summed E-state index contributed by atoms with van der Waals surface area (Å²) in [6.45, 7) is -0.623. The number of carbonyl (C=O) groups excluding carboxylic acids is 3. The van der Waals surface area contributed by atoms with E-state index in [1.807, 2.05) is 0 Å². The van der Waals surface area contributed by atoms with Gasteiger partial charge in [0.15, 0.2) is 6.61 Å². The Hall–Kier alpha value is -2.93. The summed E-state index contributed by atoms with van der Waals surface area (Å²) in [5, 5.41) is 2.36.